The van der Waals surface area contributed by atoms with Crippen LogP contribution in [0.3, 0.4) is 0 Å². The van der Waals surface area contributed by atoms with Crippen LogP contribution in [0.25, 0.3) is 0 Å². The summed E-state index contributed by atoms with van der Waals surface area (Å²) in [4.78, 5) is 14.9. The van der Waals surface area contributed by atoms with Crippen molar-refractivity contribution in [3.63, 3.8) is 0 Å². The number of halogens is 3. The summed E-state index contributed by atoms with van der Waals surface area (Å²) >= 11 is 0. The largest absolute Gasteiger partial charge is 0.416 e. The lowest BCUT2D eigenvalue weighted by Crippen LogP contribution is -2.40. The second-order valence-corrected chi connectivity index (χ2v) is 10.1. The van der Waals surface area contributed by atoms with E-state index < -0.39 is 34.2 Å². The van der Waals surface area contributed by atoms with E-state index in [4.69, 9.17) is 0 Å². The molecule has 6 nitrogen and oxygen atoms in total. The number of sulfonamides is 1. The predicted molar refractivity (Wildman–Crippen MR) is 121 cm³/mol. The standard InChI is InChI=1S/C23H28F3N3O3S/c1-33(31,32)29(21-11-9-20(10-12-21)23(24,25)26)17-22(30)27-15-18-7-3-4-8-19(18)16-28-13-5-2-6-14-28/h3-4,7-12H,2,5-6,13-17H2,1H3,(H,27,30). The van der Waals surface area contributed by atoms with Crippen molar-refractivity contribution in [3.8, 4) is 0 Å². The normalized spacial score (nSPS) is 15.3. The van der Waals surface area contributed by atoms with Gasteiger partial charge < -0.3 is 5.32 Å². The number of anilines is 1. The minimum Gasteiger partial charge on any atom is -0.350 e. The number of nitrogens with one attached hydrogen (secondary N) is 1. The van der Waals surface area contributed by atoms with Gasteiger partial charge >= 0.3 is 6.18 Å². The van der Waals surface area contributed by atoms with Crippen molar-refractivity contribution in [2.24, 2.45) is 0 Å². The molecule has 0 spiro atoms. The number of amides is 1. The Morgan fingerprint density at radius 3 is 2.18 bits per heavy atom. The Hall–Kier alpha value is -2.59. The molecule has 1 aliphatic heterocycles. The van der Waals surface area contributed by atoms with E-state index in [0.29, 0.717) is 0 Å². The van der Waals surface area contributed by atoms with Gasteiger partial charge in [0.15, 0.2) is 0 Å². The molecule has 0 saturated carbocycles. The highest BCUT2D eigenvalue weighted by Crippen LogP contribution is 2.31. The predicted octanol–water partition coefficient (Wildman–Crippen LogP) is 3.77. The van der Waals surface area contributed by atoms with E-state index in [-0.39, 0.29) is 12.2 Å². The van der Waals surface area contributed by atoms with Gasteiger partial charge in [-0.05, 0) is 61.3 Å². The van der Waals surface area contributed by atoms with E-state index in [1.807, 2.05) is 24.3 Å². The quantitative estimate of drug-likeness (QED) is 0.621. The minimum atomic E-state index is -4.53. The van der Waals surface area contributed by atoms with Crippen molar-refractivity contribution < 1.29 is 26.4 Å². The summed E-state index contributed by atoms with van der Waals surface area (Å²) in [5, 5.41) is 2.74. The van der Waals surface area contributed by atoms with Crippen LogP contribution in [0.5, 0.6) is 0 Å². The molecule has 2 aromatic carbocycles. The van der Waals surface area contributed by atoms with Gasteiger partial charge in [-0.2, -0.15) is 13.2 Å². The molecule has 0 radical (unpaired) electrons. The first kappa shape index (κ1) is 25.0. The maximum absolute atomic E-state index is 12.8. The fourth-order valence-electron chi connectivity index (χ4n) is 3.84. The zero-order valence-electron chi connectivity index (χ0n) is 18.4. The Balaban J connectivity index is 1.66. The van der Waals surface area contributed by atoms with E-state index in [9.17, 15) is 26.4 Å². The summed E-state index contributed by atoms with van der Waals surface area (Å²) in [5.74, 6) is -0.548. The summed E-state index contributed by atoms with van der Waals surface area (Å²) in [7, 11) is -3.89. The van der Waals surface area contributed by atoms with Crippen molar-refractivity contribution in [2.75, 3.05) is 30.2 Å². The molecule has 2 aromatic rings. The van der Waals surface area contributed by atoms with Gasteiger partial charge in [-0.15, -0.1) is 0 Å². The monoisotopic (exact) mass is 483 g/mol. The van der Waals surface area contributed by atoms with Crippen LogP contribution in [-0.4, -0.2) is 45.1 Å². The molecule has 1 aliphatic rings. The molecule has 1 amide bonds. The first-order valence-electron chi connectivity index (χ1n) is 10.7. The molecule has 180 valence electrons. The molecule has 0 atom stereocenters. The second kappa shape index (κ2) is 10.6. The van der Waals surface area contributed by atoms with Gasteiger partial charge in [-0.25, -0.2) is 8.42 Å². The number of hydrogen-bond acceptors (Lipinski definition) is 4. The number of likely N-dealkylation sites (tertiary alicyclic amines) is 1. The SMILES string of the molecule is CS(=O)(=O)N(CC(=O)NCc1ccccc1CN1CCCCC1)c1ccc(C(F)(F)F)cc1. The molecule has 1 fully saturated rings. The molecule has 1 saturated heterocycles. The molecule has 0 aliphatic carbocycles. The van der Waals surface area contributed by atoms with E-state index in [1.165, 1.54) is 19.3 Å². The summed E-state index contributed by atoms with van der Waals surface area (Å²) in [5.41, 5.74) is 1.14. The molecule has 3 rings (SSSR count). The molecular formula is C23H28F3N3O3S. The summed E-state index contributed by atoms with van der Waals surface area (Å²) in [6.45, 7) is 2.56. The van der Waals surface area contributed by atoms with Crippen LogP contribution in [0.4, 0.5) is 18.9 Å². The average Bonchev–Trinajstić information content (AvgIpc) is 2.76. The molecule has 1 heterocycles. The molecule has 10 heteroatoms. The van der Waals surface area contributed by atoms with Gasteiger partial charge in [0.2, 0.25) is 15.9 Å². The Morgan fingerprint density at radius 2 is 1.61 bits per heavy atom. The molecule has 0 bridgehead atoms. The smallest absolute Gasteiger partial charge is 0.350 e. The second-order valence-electron chi connectivity index (χ2n) is 8.20. The lowest BCUT2D eigenvalue weighted by Gasteiger charge is -2.27. The fraction of sp³-hybridized carbons (Fsp3) is 0.435. The summed E-state index contributed by atoms with van der Waals surface area (Å²) < 4.78 is 63.7. The Morgan fingerprint density at radius 1 is 1.00 bits per heavy atom. The third-order valence-electron chi connectivity index (χ3n) is 5.61. The van der Waals surface area contributed by atoms with Gasteiger partial charge in [0.25, 0.3) is 0 Å². The molecule has 33 heavy (non-hydrogen) atoms. The highest BCUT2D eigenvalue weighted by molar-refractivity contribution is 7.92. The lowest BCUT2D eigenvalue weighted by atomic mass is 10.0. The Labute approximate surface area is 192 Å². The van der Waals surface area contributed by atoms with E-state index in [0.717, 1.165) is 65.6 Å². The van der Waals surface area contributed by atoms with Crippen LogP contribution in [0.15, 0.2) is 48.5 Å². The number of carbonyl (C=O) groups is 1. The van der Waals surface area contributed by atoms with E-state index in [2.05, 4.69) is 10.2 Å². The number of carbonyl (C=O) groups excluding carboxylic acids is 1. The maximum atomic E-state index is 12.8. The zero-order chi connectivity index (χ0) is 24.1. The summed E-state index contributed by atoms with van der Waals surface area (Å²) in [6, 6.07) is 11.4. The van der Waals surface area contributed by atoms with Gasteiger partial charge in [0.1, 0.15) is 6.54 Å². The van der Waals surface area contributed by atoms with Crippen molar-refractivity contribution in [1.29, 1.82) is 0 Å². The molecular weight excluding hydrogens is 455 g/mol. The van der Waals surface area contributed by atoms with Crippen LogP contribution < -0.4 is 9.62 Å². The minimum absolute atomic E-state index is 0.00820. The number of nitrogens with zero attached hydrogens (tertiary/aromatic N) is 2. The van der Waals surface area contributed by atoms with Gasteiger partial charge in [-0.3, -0.25) is 14.0 Å². The van der Waals surface area contributed by atoms with Gasteiger partial charge in [-0.1, -0.05) is 30.7 Å². The topological polar surface area (TPSA) is 69.7 Å². The number of rotatable bonds is 8. The molecule has 0 unspecified atom stereocenters. The first-order valence-corrected chi connectivity index (χ1v) is 12.6. The highest BCUT2D eigenvalue weighted by atomic mass is 32.2. The third-order valence-corrected chi connectivity index (χ3v) is 6.75. The van der Waals surface area contributed by atoms with Crippen LogP contribution in [0, 0.1) is 0 Å². The Bertz CT molecular complexity index is 1050. The fourth-order valence-corrected chi connectivity index (χ4v) is 4.70. The number of piperidine rings is 1. The average molecular weight is 484 g/mol. The molecule has 0 aromatic heterocycles. The zero-order valence-corrected chi connectivity index (χ0v) is 19.3. The van der Waals surface area contributed by atoms with E-state index >= 15 is 0 Å². The molecule has 1 N–H and O–H groups in total. The van der Waals surface area contributed by atoms with Crippen molar-refractivity contribution in [1.82, 2.24) is 10.2 Å². The van der Waals surface area contributed by atoms with Gasteiger partial charge in [0.05, 0.1) is 17.5 Å². The van der Waals surface area contributed by atoms with Crippen molar-refractivity contribution >= 4 is 21.6 Å². The highest BCUT2D eigenvalue weighted by Gasteiger charge is 2.31. The number of benzene rings is 2. The third kappa shape index (κ3) is 7.20. The van der Waals surface area contributed by atoms with Crippen molar-refractivity contribution in [2.45, 2.75) is 38.5 Å². The van der Waals surface area contributed by atoms with E-state index in [1.54, 1.807) is 0 Å². The number of alkyl halides is 3. The maximum Gasteiger partial charge on any atom is 0.416 e. The van der Waals surface area contributed by atoms with Crippen LogP contribution in [0.1, 0.15) is 36.0 Å². The summed E-state index contributed by atoms with van der Waals surface area (Å²) in [6.07, 6.45) is -0.0440. The Kier molecular flexibility index (Phi) is 8.01. The lowest BCUT2D eigenvalue weighted by molar-refractivity contribution is -0.137. The van der Waals surface area contributed by atoms with Crippen LogP contribution >= 0.6 is 0 Å². The first-order chi connectivity index (χ1) is 15.5. The number of hydrogen-bond donors (Lipinski definition) is 1. The van der Waals surface area contributed by atoms with Crippen molar-refractivity contribution in [3.05, 3.63) is 65.2 Å². The van der Waals surface area contributed by atoms with Gasteiger partial charge in [0, 0.05) is 13.1 Å². The van der Waals surface area contributed by atoms with Crippen LogP contribution in [0.2, 0.25) is 0 Å². The van der Waals surface area contributed by atoms with Crippen LogP contribution in [-0.2, 0) is 34.1 Å².